The van der Waals surface area contributed by atoms with Crippen LogP contribution in [0.2, 0.25) is 0 Å². The first-order valence-electron chi connectivity index (χ1n) is 4.93. The third kappa shape index (κ3) is 3.26. The number of primary amides is 1. The molecule has 104 valence electrons. The maximum Gasteiger partial charge on any atom is 0.335 e. The minimum Gasteiger partial charge on any atom is -0.478 e. The topological polar surface area (TPSA) is 118 Å². The summed E-state index contributed by atoms with van der Waals surface area (Å²) in [5.74, 6) is -3.42. The summed E-state index contributed by atoms with van der Waals surface area (Å²) < 4.78 is 37.9. The van der Waals surface area contributed by atoms with Crippen molar-refractivity contribution in [1.29, 1.82) is 0 Å². The number of carboxylic acids is 1. The van der Waals surface area contributed by atoms with Crippen molar-refractivity contribution < 1.29 is 27.5 Å². The summed E-state index contributed by atoms with van der Waals surface area (Å²) in [6.45, 7) is -0.640. The Bertz CT molecular complexity index is 629. The van der Waals surface area contributed by atoms with Crippen LogP contribution < -0.4 is 5.73 Å². The molecule has 1 rings (SSSR count). The number of hydrogen-bond donors (Lipinski definition) is 2. The van der Waals surface area contributed by atoms with Crippen molar-refractivity contribution in [1.82, 2.24) is 4.31 Å². The summed E-state index contributed by atoms with van der Waals surface area (Å²) in [6, 6.07) is 2.35. The van der Waals surface area contributed by atoms with E-state index in [9.17, 15) is 22.4 Å². The third-order valence-electron chi connectivity index (χ3n) is 2.24. The molecule has 3 N–H and O–H groups in total. The van der Waals surface area contributed by atoms with Crippen LogP contribution in [0.3, 0.4) is 0 Å². The molecule has 1 amide bonds. The average molecular weight is 290 g/mol. The summed E-state index contributed by atoms with van der Waals surface area (Å²) in [6.07, 6.45) is 0. The number of benzene rings is 1. The van der Waals surface area contributed by atoms with Crippen molar-refractivity contribution >= 4 is 21.9 Å². The predicted octanol–water partition coefficient (Wildman–Crippen LogP) is -0.370. The van der Waals surface area contributed by atoms with Crippen LogP contribution in [-0.2, 0) is 14.8 Å². The van der Waals surface area contributed by atoms with Gasteiger partial charge in [0.25, 0.3) is 0 Å². The molecule has 0 saturated carbocycles. The fourth-order valence-corrected chi connectivity index (χ4v) is 2.53. The van der Waals surface area contributed by atoms with E-state index in [1.807, 2.05) is 0 Å². The second-order valence-electron chi connectivity index (χ2n) is 3.68. The van der Waals surface area contributed by atoms with Gasteiger partial charge in [0, 0.05) is 7.05 Å². The molecular formula is C10H11FN2O5S. The van der Waals surface area contributed by atoms with E-state index in [2.05, 4.69) is 0 Å². The lowest BCUT2D eigenvalue weighted by molar-refractivity contribution is -0.118. The molecule has 0 aliphatic heterocycles. The lowest BCUT2D eigenvalue weighted by atomic mass is 10.2. The number of nitrogens with zero attached hydrogens (tertiary/aromatic N) is 1. The SMILES string of the molecule is CN(CC(N)=O)S(=O)(=O)c1cc(C(=O)O)ccc1F. The second kappa shape index (κ2) is 5.33. The first-order chi connectivity index (χ1) is 8.66. The van der Waals surface area contributed by atoms with Gasteiger partial charge < -0.3 is 10.8 Å². The van der Waals surface area contributed by atoms with Crippen LogP contribution in [0.15, 0.2) is 23.1 Å². The van der Waals surface area contributed by atoms with Gasteiger partial charge in [-0.3, -0.25) is 4.79 Å². The normalized spacial score (nSPS) is 11.5. The average Bonchev–Trinajstić information content (AvgIpc) is 2.27. The number of carbonyl (C=O) groups excluding carboxylic acids is 1. The van der Waals surface area contributed by atoms with Gasteiger partial charge in [-0.1, -0.05) is 0 Å². The molecule has 0 radical (unpaired) electrons. The van der Waals surface area contributed by atoms with E-state index in [0.29, 0.717) is 10.4 Å². The van der Waals surface area contributed by atoms with Crippen molar-refractivity contribution in [2.24, 2.45) is 5.73 Å². The smallest absolute Gasteiger partial charge is 0.335 e. The van der Waals surface area contributed by atoms with E-state index in [1.54, 1.807) is 0 Å². The van der Waals surface area contributed by atoms with Crippen molar-refractivity contribution in [3.63, 3.8) is 0 Å². The monoisotopic (exact) mass is 290 g/mol. The van der Waals surface area contributed by atoms with E-state index in [0.717, 1.165) is 19.2 Å². The van der Waals surface area contributed by atoms with Crippen LogP contribution in [0.1, 0.15) is 10.4 Å². The zero-order valence-corrected chi connectivity index (χ0v) is 10.6. The van der Waals surface area contributed by atoms with Crippen LogP contribution >= 0.6 is 0 Å². The Morgan fingerprint density at radius 1 is 1.42 bits per heavy atom. The second-order valence-corrected chi connectivity index (χ2v) is 5.69. The summed E-state index contributed by atoms with van der Waals surface area (Å²) in [5, 5.41) is 8.74. The first kappa shape index (κ1) is 15.1. The maximum atomic E-state index is 13.5. The Balaban J connectivity index is 3.31. The summed E-state index contributed by atoms with van der Waals surface area (Å²) >= 11 is 0. The molecule has 0 unspecified atom stereocenters. The van der Waals surface area contributed by atoms with Crippen molar-refractivity contribution in [3.8, 4) is 0 Å². The van der Waals surface area contributed by atoms with Gasteiger partial charge in [-0.2, -0.15) is 4.31 Å². The Morgan fingerprint density at radius 2 is 2.00 bits per heavy atom. The number of aromatic carboxylic acids is 1. The van der Waals surface area contributed by atoms with Gasteiger partial charge in [0.15, 0.2) is 0 Å². The molecule has 0 aromatic heterocycles. The molecule has 0 saturated heterocycles. The van der Waals surface area contributed by atoms with Crippen LogP contribution in [-0.4, -0.2) is 43.3 Å². The molecule has 0 bridgehead atoms. The lowest BCUT2D eigenvalue weighted by Gasteiger charge is -2.16. The lowest BCUT2D eigenvalue weighted by Crippen LogP contribution is -2.35. The molecule has 0 aliphatic rings. The number of halogens is 1. The quantitative estimate of drug-likeness (QED) is 0.767. The van der Waals surface area contributed by atoms with Gasteiger partial charge in [-0.15, -0.1) is 0 Å². The van der Waals surface area contributed by atoms with E-state index in [1.165, 1.54) is 0 Å². The minimum atomic E-state index is -4.33. The number of likely N-dealkylation sites (N-methyl/N-ethyl adjacent to an activating group) is 1. The van der Waals surface area contributed by atoms with Gasteiger partial charge >= 0.3 is 5.97 Å². The van der Waals surface area contributed by atoms with Crippen molar-refractivity contribution in [2.75, 3.05) is 13.6 Å². The van der Waals surface area contributed by atoms with E-state index in [4.69, 9.17) is 10.8 Å². The number of rotatable bonds is 5. The standard InChI is InChI=1S/C10H11FN2O5S/c1-13(5-9(12)14)19(17,18)8-4-6(10(15)16)2-3-7(8)11/h2-4H,5H2,1H3,(H2,12,14)(H,15,16). The fourth-order valence-electron chi connectivity index (χ4n) is 1.31. The Hall–Kier alpha value is -2.00. The summed E-state index contributed by atoms with van der Waals surface area (Å²) in [5.41, 5.74) is 4.47. The molecule has 1 aromatic rings. The van der Waals surface area contributed by atoms with Gasteiger partial charge in [-0.05, 0) is 18.2 Å². The van der Waals surface area contributed by atoms with Gasteiger partial charge in [0.1, 0.15) is 10.7 Å². The Kier molecular flexibility index (Phi) is 4.22. The number of nitrogens with two attached hydrogens (primary N) is 1. The molecular weight excluding hydrogens is 279 g/mol. The molecule has 0 heterocycles. The predicted molar refractivity (Wildman–Crippen MR) is 62.4 cm³/mol. The Labute approximate surface area is 108 Å². The maximum absolute atomic E-state index is 13.5. The summed E-state index contributed by atoms with van der Waals surface area (Å²) in [7, 11) is -3.29. The zero-order valence-electron chi connectivity index (χ0n) is 9.83. The molecule has 7 nitrogen and oxygen atoms in total. The first-order valence-corrected chi connectivity index (χ1v) is 6.37. The third-order valence-corrected chi connectivity index (χ3v) is 4.06. The van der Waals surface area contributed by atoms with Crippen molar-refractivity contribution in [3.05, 3.63) is 29.6 Å². The highest BCUT2D eigenvalue weighted by Gasteiger charge is 2.26. The van der Waals surface area contributed by atoms with Gasteiger partial charge in [0.05, 0.1) is 12.1 Å². The van der Waals surface area contributed by atoms with Gasteiger partial charge in [-0.25, -0.2) is 17.6 Å². The minimum absolute atomic E-state index is 0.382. The molecule has 0 atom stereocenters. The molecule has 0 spiro atoms. The van der Waals surface area contributed by atoms with Crippen LogP contribution in [0.5, 0.6) is 0 Å². The number of amides is 1. The number of hydrogen-bond acceptors (Lipinski definition) is 4. The Morgan fingerprint density at radius 3 is 2.47 bits per heavy atom. The van der Waals surface area contributed by atoms with E-state index in [-0.39, 0.29) is 5.56 Å². The molecule has 9 heteroatoms. The zero-order chi connectivity index (χ0) is 14.8. The number of carbonyl (C=O) groups is 2. The van der Waals surface area contributed by atoms with Crippen LogP contribution in [0, 0.1) is 5.82 Å². The van der Waals surface area contributed by atoms with Crippen molar-refractivity contribution in [2.45, 2.75) is 4.90 Å². The highest BCUT2D eigenvalue weighted by molar-refractivity contribution is 7.89. The number of sulfonamides is 1. The van der Waals surface area contributed by atoms with Crippen LogP contribution in [0.4, 0.5) is 4.39 Å². The molecule has 1 aromatic carbocycles. The van der Waals surface area contributed by atoms with E-state index >= 15 is 0 Å². The highest BCUT2D eigenvalue weighted by Crippen LogP contribution is 2.19. The summed E-state index contributed by atoms with van der Waals surface area (Å²) in [4.78, 5) is 20.6. The number of carboxylic acid groups (broad SMARTS) is 1. The van der Waals surface area contributed by atoms with E-state index < -0.39 is 39.2 Å². The largest absolute Gasteiger partial charge is 0.478 e. The fraction of sp³-hybridized carbons (Fsp3) is 0.200. The molecule has 0 fully saturated rings. The highest BCUT2D eigenvalue weighted by atomic mass is 32.2. The molecule has 0 aliphatic carbocycles. The molecule has 19 heavy (non-hydrogen) atoms. The van der Waals surface area contributed by atoms with Gasteiger partial charge in [0.2, 0.25) is 15.9 Å². The van der Waals surface area contributed by atoms with Crippen LogP contribution in [0.25, 0.3) is 0 Å².